The second-order valence-electron chi connectivity index (χ2n) is 6.21. The van der Waals surface area contributed by atoms with E-state index in [4.69, 9.17) is 0 Å². The fourth-order valence-corrected chi connectivity index (χ4v) is 2.87. The molecule has 0 spiro atoms. The Bertz CT molecular complexity index is 1090. The normalized spacial score (nSPS) is 10.8. The fourth-order valence-electron chi connectivity index (χ4n) is 2.87. The van der Waals surface area contributed by atoms with E-state index in [-0.39, 0.29) is 11.7 Å². The van der Waals surface area contributed by atoms with E-state index in [1.165, 1.54) is 12.1 Å². The summed E-state index contributed by atoms with van der Waals surface area (Å²) in [6.07, 6.45) is 3.49. The van der Waals surface area contributed by atoms with Crippen LogP contribution in [0.25, 0.3) is 17.1 Å². The van der Waals surface area contributed by atoms with Gasteiger partial charge in [0, 0.05) is 30.9 Å². The van der Waals surface area contributed by atoms with Crippen molar-refractivity contribution in [1.82, 2.24) is 35.3 Å². The van der Waals surface area contributed by atoms with Crippen LogP contribution in [0.3, 0.4) is 0 Å². The Kier molecular flexibility index (Phi) is 4.63. The van der Waals surface area contributed by atoms with Gasteiger partial charge in [0.15, 0.2) is 0 Å². The van der Waals surface area contributed by atoms with Crippen molar-refractivity contribution in [1.29, 1.82) is 0 Å². The Hall–Kier alpha value is -3.88. The number of hydrogen-bond acceptors (Lipinski definition) is 5. The minimum Gasteiger partial charge on any atom is -0.337 e. The Morgan fingerprint density at radius 3 is 2.71 bits per heavy atom. The summed E-state index contributed by atoms with van der Waals surface area (Å²) < 4.78 is 14.7. The number of aromatic nitrogens is 6. The van der Waals surface area contributed by atoms with Crippen LogP contribution in [0.1, 0.15) is 15.9 Å². The lowest BCUT2D eigenvalue weighted by Crippen LogP contribution is -2.26. The van der Waals surface area contributed by atoms with Crippen LogP contribution in [0.5, 0.6) is 0 Å². The molecule has 0 saturated carbocycles. The Morgan fingerprint density at radius 1 is 1.18 bits per heavy atom. The number of rotatable bonds is 5. The lowest BCUT2D eigenvalue weighted by atomic mass is 10.1. The van der Waals surface area contributed by atoms with Gasteiger partial charge in [-0.05, 0) is 35.5 Å². The van der Waals surface area contributed by atoms with Crippen LogP contribution in [0.4, 0.5) is 4.39 Å². The molecule has 0 saturated heterocycles. The van der Waals surface area contributed by atoms with Gasteiger partial charge in [-0.2, -0.15) is 10.3 Å². The highest BCUT2D eigenvalue weighted by Gasteiger charge is 2.19. The van der Waals surface area contributed by atoms with Crippen LogP contribution >= 0.6 is 0 Å². The standard InChI is InChI=1S/C19H16FN7O/c1-26(11-13-10-21-27(12-13)15-8-6-14(20)7-9-15)19(28)17-5-3-2-4-16(17)18-22-24-25-23-18/h2-10,12H,11H2,1H3,(H,22,23,24,25). The van der Waals surface area contributed by atoms with Gasteiger partial charge in [-0.25, -0.2) is 9.07 Å². The third-order valence-corrected chi connectivity index (χ3v) is 4.24. The highest BCUT2D eigenvalue weighted by molar-refractivity contribution is 5.99. The molecule has 1 amide bonds. The van der Waals surface area contributed by atoms with Crippen LogP contribution in [-0.4, -0.2) is 48.3 Å². The summed E-state index contributed by atoms with van der Waals surface area (Å²) >= 11 is 0. The number of nitrogens with one attached hydrogen (secondary N) is 1. The SMILES string of the molecule is CN(Cc1cnn(-c2ccc(F)cc2)c1)C(=O)c1ccccc1-c1nn[nH]n1. The number of halogens is 1. The zero-order chi connectivity index (χ0) is 19.5. The molecule has 2 heterocycles. The van der Waals surface area contributed by atoms with E-state index in [1.807, 2.05) is 12.3 Å². The molecule has 4 rings (SSSR count). The lowest BCUT2D eigenvalue weighted by Gasteiger charge is -2.17. The molecule has 1 N–H and O–H groups in total. The van der Waals surface area contributed by atoms with E-state index in [2.05, 4.69) is 25.7 Å². The second kappa shape index (κ2) is 7.39. The molecular formula is C19H16FN7O. The first-order chi connectivity index (χ1) is 13.6. The molecule has 0 atom stereocenters. The quantitative estimate of drug-likeness (QED) is 0.577. The Labute approximate surface area is 159 Å². The summed E-state index contributed by atoms with van der Waals surface area (Å²) in [7, 11) is 1.71. The van der Waals surface area contributed by atoms with E-state index < -0.39 is 0 Å². The molecule has 0 aliphatic rings. The third kappa shape index (κ3) is 3.50. The molecule has 4 aromatic rings. The Morgan fingerprint density at radius 2 is 1.96 bits per heavy atom. The maximum absolute atomic E-state index is 13.1. The van der Waals surface area contributed by atoms with Crippen LogP contribution in [0, 0.1) is 5.82 Å². The molecule has 2 aromatic heterocycles. The van der Waals surface area contributed by atoms with Crippen LogP contribution in [-0.2, 0) is 6.54 Å². The van der Waals surface area contributed by atoms with Gasteiger partial charge in [0.25, 0.3) is 5.91 Å². The zero-order valence-electron chi connectivity index (χ0n) is 15.0. The van der Waals surface area contributed by atoms with Gasteiger partial charge in [0.05, 0.1) is 17.4 Å². The fraction of sp³-hybridized carbons (Fsp3) is 0.105. The van der Waals surface area contributed by atoms with E-state index in [0.717, 1.165) is 11.3 Å². The largest absolute Gasteiger partial charge is 0.337 e. The summed E-state index contributed by atoms with van der Waals surface area (Å²) in [4.78, 5) is 14.5. The number of tetrazole rings is 1. The van der Waals surface area contributed by atoms with Crippen molar-refractivity contribution in [3.8, 4) is 17.1 Å². The smallest absolute Gasteiger partial charge is 0.254 e. The molecule has 0 aliphatic carbocycles. The first-order valence-corrected chi connectivity index (χ1v) is 8.49. The highest BCUT2D eigenvalue weighted by atomic mass is 19.1. The van der Waals surface area contributed by atoms with Crippen molar-refractivity contribution < 1.29 is 9.18 Å². The molecule has 9 heteroatoms. The van der Waals surface area contributed by atoms with E-state index in [0.29, 0.717) is 23.5 Å². The van der Waals surface area contributed by atoms with Crippen LogP contribution in [0.2, 0.25) is 0 Å². The van der Waals surface area contributed by atoms with E-state index in [9.17, 15) is 9.18 Å². The van der Waals surface area contributed by atoms with Gasteiger partial charge >= 0.3 is 0 Å². The molecule has 0 bridgehead atoms. The molecule has 0 fully saturated rings. The average molecular weight is 377 g/mol. The summed E-state index contributed by atoms with van der Waals surface area (Å²) in [6, 6.07) is 13.1. The number of benzene rings is 2. The van der Waals surface area contributed by atoms with Gasteiger partial charge in [-0.15, -0.1) is 10.2 Å². The highest BCUT2D eigenvalue weighted by Crippen LogP contribution is 2.21. The molecule has 28 heavy (non-hydrogen) atoms. The van der Waals surface area contributed by atoms with Crippen LogP contribution in [0.15, 0.2) is 60.9 Å². The second-order valence-corrected chi connectivity index (χ2v) is 6.21. The van der Waals surface area contributed by atoms with Crippen molar-refractivity contribution in [2.75, 3.05) is 7.05 Å². The zero-order valence-corrected chi connectivity index (χ0v) is 15.0. The minimum atomic E-state index is -0.304. The summed E-state index contributed by atoms with van der Waals surface area (Å²) in [6.45, 7) is 0.362. The number of aromatic amines is 1. The lowest BCUT2D eigenvalue weighted by molar-refractivity contribution is 0.0786. The molecule has 0 unspecified atom stereocenters. The van der Waals surface area contributed by atoms with Crippen LogP contribution < -0.4 is 0 Å². The first kappa shape index (κ1) is 17.5. The van der Waals surface area contributed by atoms with Crippen molar-refractivity contribution in [2.45, 2.75) is 6.54 Å². The van der Waals surface area contributed by atoms with E-state index in [1.54, 1.807) is 53.2 Å². The monoisotopic (exact) mass is 377 g/mol. The maximum atomic E-state index is 13.1. The third-order valence-electron chi connectivity index (χ3n) is 4.24. The number of amides is 1. The van der Waals surface area contributed by atoms with Crippen molar-refractivity contribution in [3.05, 3.63) is 77.9 Å². The topological polar surface area (TPSA) is 92.6 Å². The van der Waals surface area contributed by atoms with Gasteiger partial charge in [0.1, 0.15) is 5.82 Å². The number of nitrogens with zero attached hydrogens (tertiary/aromatic N) is 6. The molecule has 8 nitrogen and oxygen atoms in total. The predicted molar refractivity (Wildman–Crippen MR) is 98.9 cm³/mol. The van der Waals surface area contributed by atoms with Gasteiger partial charge in [0.2, 0.25) is 5.82 Å². The Balaban J connectivity index is 1.53. The summed E-state index contributed by atoms with van der Waals surface area (Å²) in [5, 5.41) is 18.1. The molecular weight excluding hydrogens is 361 g/mol. The first-order valence-electron chi connectivity index (χ1n) is 8.49. The number of carbonyl (C=O) groups is 1. The van der Waals surface area contributed by atoms with Crippen molar-refractivity contribution in [3.63, 3.8) is 0 Å². The number of carbonyl (C=O) groups excluding carboxylic acids is 1. The van der Waals surface area contributed by atoms with Gasteiger partial charge in [-0.1, -0.05) is 18.2 Å². The molecule has 2 aromatic carbocycles. The summed E-state index contributed by atoms with van der Waals surface area (Å²) in [5.41, 5.74) is 2.67. The number of hydrogen-bond donors (Lipinski definition) is 1. The molecule has 0 aliphatic heterocycles. The minimum absolute atomic E-state index is 0.171. The summed E-state index contributed by atoms with van der Waals surface area (Å²) in [5.74, 6) is -0.113. The molecule has 0 radical (unpaired) electrons. The van der Waals surface area contributed by atoms with Gasteiger partial charge in [-0.3, -0.25) is 4.79 Å². The average Bonchev–Trinajstić information content (AvgIpc) is 3.40. The van der Waals surface area contributed by atoms with E-state index >= 15 is 0 Å². The maximum Gasteiger partial charge on any atom is 0.254 e. The number of H-pyrrole nitrogens is 1. The van der Waals surface area contributed by atoms with Gasteiger partial charge < -0.3 is 4.90 Å². The van der Waals surface area contributed by atoms with Crippen molar-refractivity contribution in [2.24, 2.45) is 0 Å². The predicted octanol–water partition coefficient (Wildman–Crippen LogP) is 2.46. The van der Waals surface area contributed by atoms with Crippen molar-refractivity contribution >= 4 is 5.91 Å². The molecule has 140 valence electrons.